The molecule has 28 heavy (non-hydrogen) atoms. The molecule has 0 radical (unpaired) electrons. The van der Waals surface area contributed by atoms with E-state index in [-0.39, 0.29) is 22.9 Å². The first-order valence-electron chi connectivity index (χ1n) is 8.49. The van der Waals surface area contributed by atoms with Crippen LogP contribution < -0.4 is 10.1 Å². The minimum Gasteiger partial charge on any atom is -0.490 e. The fourth-order valence-electron chi connectivity index (χ4n) is 2.69. The molecule has 1 atom stereocenters. The van der Waals surface area contributed by atoms with Gasteiger partial charge in [0.2, 0.25) is 5.13 Å². The predicted octanol–water partition coefficient (Wildman–Crippen LogP) is 4.05. The minimum atomic E-state index is -0.594. The van der Waals surface area contributed by atoms with Crippen LogP contribution in [0.25, 0.3) is 0 Å². The first-order chi connectivity index (χ1) is 13.5. The number of carbonyl (C=O) groups is 1. The Bertz CT molecular complexity index is 991. The van der Waals surface area contributed by atoms with Gasteiger partial charge in [-0.1, -0.05) is 48.6 Å². The molecule has 9 heteroatoms. The number of nitro benzene ring substituents is 1. The van der Waals surface area contributed by atoms with Gasteiger partial charge in [0.25, 0.3) is 5.91 Å². The number of hydrogen-bond acceptors (Lipinski definition) is 7. The number of nitrogens with zero attached hydrogens (tertiary/aromatic N) is 3. The Hall–Kier alpha value is -3.33. The molecule has 3 aromatic rings. The van der Waals surface area contributed by atoms with E-state index in [1.54, 1.807) is 0 Å². The van der Waals surface area contributed by atoms with E-state index in [4.69, 9.17) is 4.74 Å². The number of anilines is 1. The van der Waals surface area contributed by atoms with Gasteiger partial charge in [0.15, 0.2) is 5.75 Å². The van der Waals surface area contributed by atoms with Gasteiger partial charge in [-0.2, -0.15) is 0 Å². The molecule has 0 aliphatic rings. The molecule has 1 N–H and O–H groups in total. The first-order valence-corrected chi connectivity index (χ1v) is 9.30. The van der Waals surface area contributed by atoms with Gasteiger partial charge in [0, 0.05) is 18.1 Å². The van der Waals surface area contributed by atoms with Crippen LogP contribution in [0.3, 0.4) is 0 Å². The molecule has 3 rings (SSSR count). The number of nitro groups is 1. The van der Waals surface area contributed by atoms with E-state index in [0.29, 0.717) is 11.6 Å². The van der Waals surface area contributed by atoms with Crippen LogP contribution in [0.1, 0.15) is 33.8 Å². The van der Waals surface area contributed by atoms with E-state index in [0.717, 1.165) is 5.01 Å². The topological polar surface area (TPSA) is 107 Å². The second kappa shape index (κ2) is 8.57. The third-order valence-electron chi connectivity index (χ3n) is 4.17. The number of ether oxygens (including phenoxy) is 1. The third-order valence-corrected chi connectivity index (χ3v) is 5.04. The Labute approximate surface area is 165 Å². The molecule has 0 spiro atoms. The number of methoxy groups -OCH3 is 1. The summed E-state index contributed by atoms with van der Waals surface area (Å²) in [6, 6.07) is 14.1. The van der Waals surface area contributed by atoms with Crippen LogP contribution in [-0.2, 0) is 6.42 Å². The summed E-state index contributed by atoms with van der Waals surface area (Å²) in [6.07, 6.45) is 0.700. The van der Waals surface area contributed by atoms with Crippen molar-refractivity contribution in [2.75, 3.05) is 12.4 Å². The van der Waals surface area contributed by atoms with Gasteiger partial charge >= 0.3 is 5.69 Å². The maximum atomic E-state index is 12.4. The average molecular weight is 398 g/mol. The van der Waals surface area contributed by atoms with E-state index < -0.39 is 10.8 Å². The van der Waals surface area contributed by atoms with Crippen molar-refractivity contribution in [1.29, 1.82) is 0 Å². The van der Waals surface area contributed by atoms with Crippen LogP contribution >= 0.6 is 11.3 Å². The summed E-state index contributed by atoms with van der Waals surface area (Å²) in [5, 5.41) is 23.0. The van der Waals surface area contributed by atoms with Crippen molar-refractivity contribution >= 4 is 28.1 Å². The van der Waals surface area contributed by atoms with Crippen molar-refractivity contribution in [2.24, 2.45) is 0 Å². The molecule has 0 saturated carbocycles. The molecule has 0 bridgehead atoms. The second-order valence-corrected chi connectivity index (χ2v) is 7.18. The quantitative estimate of drug-likeness (QED) is 0.475. The lowest BCUT2D eigenvalue weighted by atomic mass is 9.98. The summed E-state index contributed by atoms with van der Waals surface area (Å²) >= 11 is 1.28. The van der Waals surface area contributed by atoms with Gasteiger partial charge in [-0.15, -0.1) is 10.2 Å². The number of carbonyl (C=O) groups excluding carboxylic acids is 1. The van der Waals surface area contributed by atoms with Crippen molar-refractivity contribution in [3.8, 4) is 5.75 Å². The lowest BCUT2D eigenvalue weighted by molar-refractivity contribution is -0.385. The van der Waals surface area contributed by atoms with E-state index in [2.05, 4.69) is 34.6 Å². The molecule has 0 fully saturated rings. The molecule has 8 nitrogen and oxygen atoms in total. The monoisotopic (exact) mass is 398 g/mol. The van der Waals surface area contributed by atoms with Gasteiger partial charge in [-0.25, -0.2) is 0 Å². The van der Waals surface area contributed by atoms with Crippen LogP contribution in [-0.4, -0.2) is 28.1 Å². The third kappa shape index (κ3) is 4.49. The average Bonchev–Trinajstić information content (AvgIpc) is 3.14. The van der Waals surface area contributed by atoms with Gasteiger partial charge in [0.1, 0.15) is 5.01 Å². The van der Waals surface area contributed by atoms with Crippen LogP contribution in [0.5, 0.6) is 5.75 Å². The number of rotatable bonds is 7. The van der Waals surface area contributed by atoms with Crippen LogP contribution in [0.2, 0.25) is 0 Å². The van der Waals surface area contributed by atoms with E-state index >= 15 is 0 Å². The Morgan fingerprint density at radius 1 is 1.25 bits per heavy atom. The normalized spacial score (nSPS) is 11.6. The molecule has 144 valence electrons. The fourth-order valence-corrected chi connectivity index (χ4v) is 3.55. The zero-order valence-corrected chi connectivity index (χ0v) is 16.1. The maximum absolute atomic E-state index is 12.4. The molecule has 1 heterocycles. The largest absolute Gasteiger partial charge is 0.490 e. The van der Waals surface area contributed by atoms with Crippen molar-refractivity contribution in [3.05, 3.63) is 74.8 Å². The molecular formula is C19H18N4O4S. The Kier molecular flexibility index (Phi) is 5.95. The van der Waals surface area contributed by atoms with Gasteiger partial charge in [-0.05, 0) is 23.6 Å². The van der Waals surface area contributed by atoms with Crippen molar-refractivity contribution in [1.82, 2.24) is 10.2 Å². The zero-order valence-electron chi connectivity index (χ0n) is 15.3. The molecule has 1 amide bonds. The summed E-state index contributed by atoms with van der Waals surface area (Å²) in [7, 11) is 1.33. The molecule has 0 saturated heterocycles. The van der Waals surface area contributed by atoms with Crippen molar-refractivity contribution in [3.63, 3.8) is 0 Å². The van der Waals surface area contributed by atoms with Crippen molar-refractivity contribution < 1.29 is 14.5 Å². The highest BCUT2D eigenvalue weighted by molar-refractivity contribution is 7.15. The summed E-state index contributed by atoms with van der Waals surface area (Å²) in [5.41, 5.74) is 1.07. The lowest BCUT2D eigenvalue weighted by Gasteiger charge is -2.08. The van der Waals surface area contributed by atoms with E-state index in [1.165, 1.54) is 42.2 Å². The summed E-state index contributed by atoms with van der Waals surface area (Å²) in [6.45, 7) is 2.10. The zero-order chi connectivity index (χ0) is 20.1. The minimum absolute atomic E-state index is 0.0923. The van der Waals surface area contributed by atoms with Gasteiger partial charge < -0.3 is 4.74 Å². The van der Waals surface area contributed by atoms with Crippen LogP contribution in [0.15, 0.2) is 48.5 Å². The van der Waals surface area contributed by atoms with Crippen LogP contribution in [0, 0.1) is 10.1 Å². The summed E-state index contributed by atoms with van der Waals surface area (Å²) in [4.78, 5) is 22.9. The first kappa shape index (κ1) is 19.4. The number of benzene rings is 2. The number of aromatic nitrogens is 2. The smallest absolute Gasteiger partial charge is 0.311 e. The Morgan fingerprint density at radius 2 is 2.00 bits per heavy atom. The molecule has 1 unspecified atom stereocenters. The van der Waals surface area contributed by atoms with Crippen LogP contribution in [0.4, 0.5) is 10.8 Å². The SMILES string of the molecule is COc1ccc(C(=O)Nc2nnc(CC(C)c3ccccc3)s2)cc1[N+](=O)[O-]. The van der Waals surface area contributed by atoms with Gasteiger partial charge in [-0.3, -0.25) is 20.2 Å². The summed E-state index contributed by atoms with van der Waals surface area (Å²) in [5.74, 6) is -0.138. The highest BCUT2D eigenvalue weighted by Gasteiger charge is 2.19. The van der Waals surface area contributed by atoms with Crippen molar-refractivity contribution in [2.45, 2.75) is 19.3 Å². The fraction of sp³-hybridized carbons (Fsp3) is 0.211. The molecule has 1 aromatic heterocycles. The molecular weight excluding hydrogens is 380 g/mol. The Morgan fingerprint density at radius 3 is 2.68 bits per heavy atom. The standard InChI is InChI=1S/C19H18N4O4S/c1-12(13-6-4-3-5-7-13)10-17-21-22-19(28-17)20-18(24)14-8-9-16(27-2)15(11-14)23(25)26/h3-9,11-12H,10H2,1-2H3,(H,20,22,24). The molecule has 2 aromatic carbocycles. The lowest BCUT2D eigenvalue weighted by Crippen LogP contribution is -2.12. The Balaban J connectivity index is 1.69. The second-order valence-electron chi connectivity index (χ2n) is 6.11. The molecule has 0 aliphatic carbocycles. The predicted molar refractivity (Wildman–Crippen MR) is 106 cm³/mol. The highest BCUT2D eigenvalue weighted by Crippen LogP contribution is 2.28. The number of hydrogen-bond donors (Lipinski definition) is 1. The molecule has 0 aliphatic heterocycles. The number of amides is 1. The summed E-state index contributed by atoms with van der Waals surface area (Å²) < 4.78 is 4.94. The number of nitrogens with one attached hydrogen (secondary N) is 1. The van der Waals surface area contributed by atoms with E-state index in [1.807, 2.05) is 18.2 Å². The van der Waals surface area contributed by atoms with E-state index in [9.17, 15) is 14.9 Å². The van der Waals surface area contributed by atoms with Gasteiger partial charge in [0.05, 0.1) is 12.0 Å². The highest BCUT2D eigenvalue weighted by atomic mass is 32.1. The maximum Gasteiger partial charge on any atom is 0.311 e.